The Morgan fingerprint density at radius 2 is 0.889 bits per heavy atom. The molecule has 1 radical (unpaired) electrons. The van der Waals surface area contributed by atoms with Gasteiger partial charge in [-0.2, -0.15) is 6.42 Å². The Morgan fingerprint density at radius 3 is 1.06 bits per heavy atom. The fraction of sp³-hybridized carbons (Fsp3) is 0.882. The summed E-state index contributed by atoms with van der Waals surface area (Å²) in [5, 5.41) is 0. The van der Waals surface area contributed by atoms with Crippen molar-refractivity contribution in [3.63, 3.8) is 0 Å². The molecule has 0 saturated carbocycles. The molecule has 0 aliphatic heterocycles. The van der Waals surface area contributed by atoms with E-state index in [1.165, 1.54) is 25.7 Å². The van der Waals surface area contributed by atoms with E-state index in [-0.39, 0.29) is 107 Å². The fourth-order valence-corrected chi connectivity index (χ4v) is 0.604. The van der Waals surface area contributed by atoms with Crippen LogP contribution in [0.5, 0.6) is 0 Å². The van der Waals surface area contributed by atoms with Gasteiger partial charge in [0.05, 0.1) is 0 Å². The molecule has 0 aromatic rings. The Morgan fingerprint density at radius 1 is 0.611 bits per heavy atom. The molecule has 0 nitrogen and oxygen atoms in total. The third-order valence-electron chi connectivity index (χ3n) is 1.10. The summed E-state index contributed by atoms with van der Waals surface area (Å²) in [5.41, 5.74) is 0. The van der Waals surface area contributed by atoms with Crippen LogP contribution in [0.4, 0.5) is 0 Å². The van der Waals surface area contributed by atoms with Gasteiger partial charge in [0.15, 0.2) is 0 Å². The van der Waals surface area contributed by atoms with Gasteiger partial charge in [0.1, 0.15) is 0 Å². The summed E-state index contributed by atoms with van der Waals surface area (Å²) in [5.74, 6) is 0. The van der Waals surface area contributed by atoms with Gasteiger partial charge in [-0.15, -0.1) is 0 Å². The molecule has 0 aliphatic carbocycles. The molecular weight excluding hydrogens is 293 g/mol. The Labute approximate surface area is 152 Å². The van der Waals surface area contributed by atoms with Crippen LogP contribution in [0.25, 0.3) is 0 Å². The van der Waals surface area contributed by atoms with Crippen molar-refractivity contribution in [3.05, 3.63) is 14.4 Å². The number of hydrogen-bond donors (Lipinski definition) is 0. The molecule has 0 saturated heterocycles. The van der Waals surface area contributed by atoms with Gasteiger partial charge in [-0.3, -0.25) is 0 Å². The molecule has 0 amide bonds. The smallest absolute Gasteiger partial charge is 0 e. The van der Waals surface area contributed by atoms with Gasteiger partial charge in [0, 0.05) is 32.7 Å². The van der Waals surface area contributed by atoms with Gasteiger partial charge in [-0.25, -0.2) is 0 Å². The molecule has 0 aliphatic rings. The standard InChI is InChI=1S/C7H15.9CH4.CH3.Y/c1-3-5-7-6-4-2;;;;;;;;;;;/h1,3-7H2,2H3;9*1H4;1H3;/q-1;;;;;;;;;;-1;. The maximum atomic E-state index is 3.76. The second kappa shape index (κ2) is 142. The zero-order valence-corrected chi connectivity index (χ0v) is 9.66. The maximum absolute atomic E-state index is 3.76. The van der Waals surface area contributed by atoms with E-state index in [1.54, 1.807) is 0 Å². The summed E-state index contributed by atoms with van der Waals surface area (Å²) in [4.78, 5) is 0. The van der Waals surface area contributed by atoms with Gasteiger partial charge in [-0.05, 0) is 0 Å². The Hall–Kier alpha value is 1.10. The molecule has 18 heavy (non-hydrogen) atoms. The first-order chi connectivity index (χ1) is 3.41. The monoisotopic (exact) mass is 347 g/mol. The van der Waals surface area contributed by atoms with Gasteiger partial charge in [0.2, 0.25) is 0 Å². The van der Waals surface area contributed by atoms with E-state index >= 15 is 0 Å². The average Bonchev–Trinajstić information content (AvgIpc) is 1.69. The number of hydrogen-bond acceptors (Lipinski definition) is 0. The van der Waals surface area contributed by atoms with E-state index < -0.39 is 0 Å². The van der Waals surface area contributed by atoms with E-state index in [0.717, 1.165) is 6.42 Å². The van der Waals surface area contributed by atoms with Crippen molar-refractivity contribution in [2.45, 2.75) is 106 Å². The molecule has 0 N–H and O–H groups in total. The normalized spacial score (nSPS) is 3.67. The van der Waals surface area contributed by atoms with E-state index in [1.807, 2.05) is 0 Å². The minimum absolute atomic E-state index is 0. The van der Waals surface area contributed by atoms with Crippen LogP contribution < -0.4 is 0 Å². The van der Waals surface area contributed by atoms with E-state index in [2.05, 4.69) is 13.8 Å². The van der Waals surface area contributed by atoms with Crippen LogP contribution in [0.15, 0.2) is 0 Å². The summed E-state index contributed by atoms with van der Waals surface area (Å²) in [6.45, 7) is 5.98. The topological polar surface area (TPSA) is 0 Å². The molecule has 0 aromatic heterocycles. The Kier molecular flexibility index (Phi) is 980. The first-order valence-electron chi connectivity index (χ1n) is 3.21. The van der Waals surface area contributed by atoms with Crippen LogP contribution >= 0.6 is 0 Å². The molecular formula is C17H54Y-2. The van der Waals surface area contributed by atoms with Crippen LogP contribution in [0.1, 0.15) is 106 Å². The van der Waals surface area contributed by atoms with Crippen molar-refractivity contribution in [2.75, 3.05) is 0 Å². The fourth-order valence-electron chi connectivity index (χ4n) is 0.604. The summed E-state index contributed by atoms with van der Waals surface area (Å²) in [6.07, 6.45) is 6.52. The van der Waals surface area contributed by atoms with Crippen LogP contribution in [0, 0.1) is 14.4 Å². The Balaban J connectivity index is -0.00000000327. The molecule has 0 atom stereocenters. The van der Waals surface area contributed by atoms with E-state index in [4.69, 9.17) is 0 Å². The quantitative estimate of drug-likeness (QED) is 0.351. The predicted molar refractivity (Wildman–Crippen MR) is 101 cm³/mol. The molecule has 0 aromatic carbocycles. The summed E-state index contributed by atoms with van der Waals surface area (Å²) < 4.78 is 0. The minimum Gasteiger partial charge on any atom is -0.358 e. The van der Waals surface area contributed by atoms with Crippen molar-refractivity contribution in [2.24, 2.45) is 0 Å². The van der Waals surface area contributed by atoms with Gasteiger partial charge in [-0.1, -0.05) is 99.4 Å². The first-order valence-corrected chi connectivity index (χ1v) is 3.21. The minimum atomic E-state index is 0. The van der Waals surface area contributed by atoms with Gasteiger partial charge < -0.3 is 14.4 Å². The Bertz CT molecular complexity index is 24.8. The molecule has 0 fully saturated rings. The number of unbranched alkanes of at least 4 members (excludes halogenated alkanes) is 4. The van der Waals surface area contributed by atoms with E-state index in [0.29, 0.717) is 0 Å². The van der Waals surface area contributed by atoms with Crippen LogP contribution in [-0.2, 0) is 32.7 Å². The summed E-state index contributed by atoms with van der Waals surface area (Å²) in [7, 11) is 0. The molecule has 0 spiro atoms. The van der Waals surface area contributed by atoms with Crippen molar-refractivity contribution >= 4 is 0 Å². The van der Waals surface area contributed by atoms with E-state index in [9.17, 15) is 0 Å². The van der Waals surface area contributed by atoms with Gasteiger partial charge >= 0.3 is 0 Å². The van der Waals surface area contributed by atoms with Crippen LogP contribution in [0.2, 0.25) is 0 Å². The summed E-state index contributed by atoms with van der Waals surface area (Å²) in [6, 6.07) is 0. The largest absolute Gasteiger partial charge is 0.358 e. The summed E-state index contributed by atoms with van der Waals surface area (Å²) >= 11 is 0. The maximum Gasteiger partial charge on any atom is 0 e. The molecule has 0 bridgehead atoms. The third-order valence-corrected chi connectivity index (χ3v) is 1.10. The van der Waals surface area contributed by atoms with Crippen molar-refractivity contribution in [1.29, 1.82) is 0 Å². The second-order valence-corrected chi connectivity index (χ2v) is 1.91. The zero-order chi connectivity index (χ0) is 5.54. The first kappa shape index (κ1) is 124. The predicted octanol–water partition coefficient (Wildman–Crippen LogP) is 8.96. The molecule has 127 valence electrons. The SMILES string of the molecule is C.C.C.C.C.C.C.C.C.[CH2-]CCCCCC.[CH3-].[Y]. The molecule has 1 heteroatoms. The molecule has 0 rings (SSSR count). The number of rotatable bonds is 4. The average molecular weight is 348 g/mol. The second-order valence-electron chi connectivity index (χ2n) is 1.91. The third kappa shape index (κ3) is 170. The van der Waals surface area contributed by atoms with Gasteiger partial charge in [0.25, 0.3) is 0 Å². The zero-order valence-electron chi connectivity index (χ0n) is 6.82. The van der Waals surface area contributed by atoms with Crippen molar-refractivity contribution in [3.8, 4) is 0 Å². The van der Waals surface area contributed by atoms with Crippen LogP contribution in [0.3, 0.4) is 0 Å². The van der Waals surface area contributed by atoms with Crippen molar-refractivity contribution in [1.82, 2.24) is 0 Å². The van der Waals surface area contributed by atoms with Crippen molar-refractivity contribution < 1.29 is 32.7 Å². The molecule has 0 unspecified atom stereocenters. The van der Waals surface area contributed by atoms with Crippen LogP contribution in [-0.4, -0.2) is 0 Å². The molecule has 0 heterocycles.